The van der Waals surface area contributed by atoms with Crippen LogP contribution in [0.15, 0.2) is 23.0 Å². The molecule has 3 rings (SSSR count). The average Bonchev–Trinajstić information content (AvgIpc) is 3.13. The first-order valence-corrected chi connectivity index (χ1v) is 7.32. The third-order valence-electron chi connectivity index (χ3n) is 3.54. The predicted molar refractivity (Wildman–Crippen MR) is 77.4 cm³/mol. The molecule has 0 aliphatic carbocycles. The summed E-state index contributed by atoms with van der Waals surface area (Å²) in [5.74, 6) is 0.872. The Morgan fingerprint density at radius 2 is 2.41 bits per heavy atom. The largest absolute Gasteiger partial charge is 0.368 e. The van der Waals surface area contributed by atoms with E-state index in [4.69, 9.17) is 20.9 Å². The molecule has 1 fully saturated rings. The van der Waals surface area contributed by atoms with E-state index in [1.165, 1.54) is 12.4 Å². The highest BCUT2D eigenvalue weighted by molar-refractivity contribution is 6.33. The van der Waals surface area contributed by atoms with Gasteiger partial charge in [-0.3, -0.25) is 9.78 Å². The highest BCUT2D eigenvalue weighted by Crippen LogP contribution is 2.33. The lowest BCUT2D eigenvalue weighted by molar-refractivity contribution is 0.0613. The van der Waals surface area contributed by atoms with Crippen molar-refractivity contribution in [2.75, 3.05) is 13.2 Å². The number of hydrogen-bond donors (Lipinski definition) is 1. The van der Waals surface area contributed by atoms with E-state index in [0.717, 1.165) is 6.42 Å². The lowest BCUT2D eigenvalue weighted by atomic mass is 10.0. The molecule has 0 radical (unpaired) electrons. The molecular weight excluding hydrogens is 308 g/mol. The fraction of sp³-hybridized carbons (Fsp3) is 0.429. The highest BCUT2D eigenvalue weighted by atomic mass is 35.5. The van der Waals surface area contributed by atoms with Crippen molar-refractivity contribution in [2.24, 2.45) is 5.92 Å². The number of ether oxygens (including phenoxy) is 1. The Labute approximate surface area is 132 Å². The summed E-state index contributed by atoms with van der Waals surface area (Å²) < 4.78 is 10.8. The van der Waals surface area contributed by atoms with E-state index in [9.17, 15) is 4.79 Å². The minimum Gasteiger partial charge on any atom is -0.368 e. The van der Waals surface area contributed by atoms with Crippen LogP contribution in [-0.4, -0.2) is 34.2 Å². The Balaban J connectivity index is 1.63. The Hall–Kier alpha value is -1.99. The summed E-state index contributed by atoms with van der Waals surface area (Å²) >= 11 is 5.96. The third-order valence-corrected chi connectivity index (χ3v) is 3.84. The molecule has 0 spiro atoms. The summed E-state index contributed by atoms with van der Waals surface area (Å²) in [4.78, 5) is 20.2. The van der Waals surface area contributed by atoms with Gasteiger partial charge in [0.25, 0.3) is 11.8 Å². The van der Waals surface area contributed by atoms with Gasteiger partial charge in [-0.25, -0.2) is 0 Å². The third kappa shape index (κ3) is 3.10. The topological polar surface area (TPSA) is 90.1 Å². The molecule has 1 amide bonds. The van der Waals surface area contributed by atoms with Crippen LogP contribution in [0.25, 0.3) is 0 Å². The van der Waals surface area contributed by atoms with Crippen molar-refractivity contribution in [3.63, 3.8) is 0 Å². The van der Waals surface area contributed by atoms with Gasteiger partial charge in [0, 0.05) is 31.5 Å². The van der Waals surface area contributed by atoms with Crippen LogP contribution in [0.4, 0.5) is 0 Å². The van der Waals surface area contributed by atoms with Gasteiger partial charge in [-0.05, 0) is 19.4 Å². The van der Waals surface area contributed by atoms with Gasteiger partial charge in [-0.15, -0.1) is 0 Å². The Morgan fingerprint density at radius 1 is 1.55 bits per heavy atom. The summed E-state index contributed by atoms with van der Waals surface area (Å²) in [7, 11) is 0. The second kappa shape index (κ2) is 6.41. The van der Waals surface area contributed by atoms with Crippen molar-refractivity contribution in [1.29, 1.82) is 0 Å². The standard InChI is InChI=1S/C14H15ClN4O3/c1-8-18-14(22-19-8)12-9(3-5-21-12)6-17-13(20)10-2-4-16-7-11(10)15/h2,4,7,9,12H,3,5-6H2,1H3,(H,17,20)/t9-,12-/m0/s1. The lowest BCUT2D eigenvalue weighted by Crippen LogP contribution is -2.30. The van der Waals surface area contributed by atoms with Crippen LogP contribution in [0.5, 0.6) is 0 Å². The molecule has 0 saturated carbocycles. The second-order valence-electron chi connectivity index (χ2n) is 5.09. The van der Waals surface area contributed by atoms with Gasteiger partial charge in [0.1, 0.15) is 6.10 Å². The smallest absolute Gasteiger partial charge is 0.256 e. The number of aromatic nitrogens is 3. The molecule has 22 heavy (non-hydrogen) atoms. The fourth-order valence-corrected chi connectivity index (χ4v) is 2.63. The molecule has 3 heterocycles. The molecule has 2 atom stereocenters. The zero-order chi connectivity index (χ0) is 15.5. The van der Waals surface area contributed by atoms with Gasteiger partial charge in [0.15, 0.2) is 5.82 Å². The van der Waals surface area contributed by atoms with Crippen LogP contribution in [0.1, 0.15) is 34.6 Å². The minimum absolute atomic E-state index is 0.0874. The maximum absolute atomic E-state index is 12.2. The van der Waals surface area contributed by atoms with Gasteiger partial charge >= 0.3 is 0 Å². The number of rotatable bonds is 4. The first-order chi connectivity index (χ1) is 10.6. The summed E-state index contributed by atoms with van der Waals surface area (Å²) in [6, 6.07) is 1.58. The molecule has 0 aromatic carbocycles. The SMILES string of the molecule is Cc1noc([C@H]2OCC[C@H]2CNC(=O)c2ccncc2Cl)n1. The van der Waals surface area contributed by atoms with Crippen LogP contribution in [0, 0.1) is 12.8 Å². The molecule has 0 unspecified atom stereocenters. The van der Waals surface area contributed by atoms with Crippen LogP contribution >= 0.6 is 11.6 Å². The van der Waals surface area contributed by atoms with Crippen LogP contribution < -0.4 is 5.32 Å². The molecule has 1 aliphatic heterocycles. The lowest BCUT2D eigenvalue weighted by Gasteiger charge is -2.15. The van der Waals surface area contributed by atoms with Gasteiger partial charge in [0.2, 0.25) is 0 Å². The summed E-state index contributed by atoms with van der Waals surface area (Å²) in [5, 5.41) is 6.97. The normalized spacial score (nSPS) is 21.0. The number of halogens is 1. The first kappa shape index (κ1) is 14.9. The van der Waals surface area contributed by atoms with E-state index in [1.54, 1.807) is 13.0 Å². The molecule has 8 heteroatoms. The van der Waals surface area contributed by atoms with E-state index in [1.807, 2.05) is 0 Å². The fourth-order valence-electron chi connectivity index (χ4n) is 2.42. The maximum Gasteiger partial charge on any atom is 0.256 e. The number of nitrogens with one attached hydrogen (secondary N) is 1. The molecule has 1 aliphatic rings. The molecule has 7 nitrogen and oxygen atoms in total. The van der Waals surface area contributed by atoms with Crippen molar-refractivity contribution in [1.82, 2.24) is 20.4 Å². The zero-order valence-electron chi connectivity index (χ0n) is 12.0. The number of nitrogens with zero attached hydrogens (tertiary/aromatic N) is 3. The zero-order valence-corrected chi connectivity index (χ0v) is 12.7. The van der Waals surface area contributed by atoms with Gasteiger partial charge in [-0.1, -0.05) is 16.8 Å². The highest BCUT2D eigenvalue weighted by Gasteiger charge is 2.34. The number of carbonyl (C=O) groups is 1. The average molecular weight is 323 g/mol. The van der Waals surface area contributed by atoms with E-state index in [2.05, 4.69) is 20.4 Å². The summed E-state index contributed by atoms with van der Waals surface area (Å²) in [6.07, 6.45) is 3.51. The number of amides is 1. The van der Waals surface area contributed by atoms with E-state index >= 15 is 0 Å². The maximum atomic E-state index is 12.2. The van der Waals surface area contributed by atoms with Crippen molar-refractivity contribution in [3.8, 4) is 0 Å². The molecule has 116 valence electrons. The van der Waals surface area contributed by atoms with Crippen molar-refractivity contribution >= 4 is 17.5 Å². The molecular formula is C14H15ClN4O3. The van der Waals surface area contributed by atoms with Crippen LogP contribution in [-0.2, 0) is 4.74 Å². The van der Waals surface area contributed by atoms with Gasteiger partial charge < -0.3 is 14.6 Å². The van der Waals surface area contributed by atoms with E-state index < -0.39 is 0 Å². The molecule has 2 aromatic heterocycles. The summed E-state index contributed by atoms with van der Waals surface area (Å²) in [5.41, 5.74) is 0.403. The summed E-state index contributed by atoms with van der Waals surface area (Å²) in [6.45, 7) is 2.80. The predicted octanol–water partition coefficient (Wildman–Crippen LogP) is 1.93. The number of carbonyl (C=O) groups excluding carboxylic acids is 1. The van der Waals surface area contributed by atoms with Crippen molar-refractivity contribution in [2.45, 2.75) is 19.4 Å². The van der Waals surface area contributed by atoms with Crippen molar-refractivity contribution < 1.29 is 14.1 Å². The molecule has 1 saturated heterocycles. The Kier molecular flexibility index (Phi) is 4.35. The minimum atomic E-state index is -0.283. The van der Waals surface area contributed by atoms with Gasteiger partial charge in [-0.2, -0.15) is 4.98 Å². The quantitative estimate of drug-likeness (QED) is 0.925. The van der Waals surface area contributed by atoms with E-state index in [0.29, 0.717) is 35.5 Å². The van der Waals surface area contributed by atoms with Crippen molar-refractivity contribution in [3.05, 3.63) is 40.8 Å². The molecule has 1 N–H and O–H groups in total. The molecule has 0 bridgehead atoms. The molecule has 2 aromatic rings. The Morgan fingerprint density at radius 3 is 3.14 bits per heavy atom. The first-order valence-electron chi connectivity index (χ1n) is 6.94. The second-order valence-corrected chi connectivity index (χ2v) is 5.49. The monoisotopic (exact) mass is 322 g/mol. The van der Waals surface area contributed by atoms with Crippen LogP contribution in [0.2, 0.25) is 5.02 Å². The number of aryl methyl sites for hydroxylation is 1. The number of pyridine rings is 1. The van der Waals surface area contributed by atoms with Crippen LogP contribution in [0.3, 0.4) is 0 Å². The van der Waals surface area contributed by atoms with E-state index in [-0.39, 0.29) is 17.9 Å². The number of hydrogen-bond acceptors (Lipinski definition) is 6. The van der Waals surface area contributed by atoms with Gasteiger partial charge in [0.05, 0.1) is 10.6 Å². The Bertz CT molecular complexity index is 676.